The van der Waals surface area contributed by atoms with Crippen LogP contribution in [0.1, 0.15) is 30.4 Å². The third-order valence-corrected chi connectivity index (χ3v) is 6.47. The van der Waals surface area contributed by atoms with Gasteiger partial charge in [0.1, 0.15) is 6.61 Å². The number of H-pyrrole nitrogens is 1. The molecule has 9 heteroatoms. The van der Waals surface area contributed by atoms with Crippen molar-refractivity contribution in [1.82, 2.24) is 15.3 Å². The third kappa shape index (κ3) is 5.87. The third-order valence-electron chi connectivity index (χ3n) is 5.47. The molecule has 0 unspecified atom stereocenters. The van der Waals surface area contributed by atoms with Crippen molar-refractivity contribution in [1.29, 1.82) is 0 Å². The lowest BCUT2D eigenvalue weighted by atomic mass is 10.0. The molecule has 0 bridgehead atoms. The maximum absolute atomic E-state index is 13.3. The van der Waals surface area contributed by atoms with Gasteiger partial charge in [-0.05, 0) is 42.6 Å². The van der Waals surface area contributed by atoms with Gasteiger partial charge in [-0.1, -0.05) is 72.0 Å². The fraction of sp³-hybridized carbons (Fsp3) is 0.304. The number of hydrogen-bond acceptors (Lipinski definition) is 6. The minimum Gasteiger partial charge on any atom is -0.300 e. The summed E-state index contributed by atoms with van der Waals surface area (Å²) in [6.45, 7) is 0.663. The molecule has 166 valence electrons. The highest BCUT2D eigenvalue weighted by Crippen LogP contribution is 2.34. The van der Waals surface area contributed by atoms with Gasteiger partial charge >= 0.3 is 0 Å². The minimum atomic E-state index is -0.261. The van der Waals surface area contributed by atoms with Gasteiger partial charge in [-0.25, -0.2) is 5.06 Å². The molecule has 32 heavy (non-hydrogen) atoms. The van der Waals surface area contributed by atoms with E-state index in [1.165, 1.54) is 16.4 Å². The van der Waals surface area contributed by atoms with Crippen LogP contribution in [0.2, 0.25) is 0 Å². The lowest BCUT2D eigenvalue weighted by molar-refractivity contribution is -0.199. The van der Waals surface area contributed by atoms with Crippen LogP contribution >= 0.6 is 23.6 Å². The van der Waals surface area contributed by atoms with E-state index in [4.69, 9.17) is 17.1 Å². The highest BCUT2D eigenvalue weighted by Gasteiger charge is 2.36. The molecule has 2 amide bonds. The number of carbonyl (C=O) groups excluding carboxylic acids is 2. The van der Waals surface area contributed by atoms with E-state index in [-0.39, 0.29) is 23.7 Å². The first kappa shape index (κ1) is 22.3. The molecule has 0 spiro atoms. The Kier molecular flexibility index (Phi) is 7.41. The number of carbonyl (C=O) groups is 2. The molecule has 2 aromatic carbocycles. The summed E-state index contributed by atoms with van der Waals surface area (Å²) in [5.74, 6) is -0.717. The Morgan fingerprint density at radius 3 is 2.38 bits per heavy atom. The number of benzene rings is 2. The van der Waals surface area contributed by atoms with Gasteiger partial charge in [0.05, 0.1) is 6.54 Å². The number of nitrogens with one attached hydrogen (secondary N) is 2. The summed E-state index contributed by atoms with van der Waals surface area (Å²) in [7, 11) is 0. The van der Waals surface area contributed by atoms with E-state index in [1.54, 1.807) is 0 Å². The van der Waals surface area contributed by atoms with Crippen molar-refractivity contribution in [2.45, 2.75) is 32.4 Å². The molecule has 1 aliphatic carbocycles. The van der Waals surface area contributed by atoms with E-state index in [1.807, 2.05) is 60.7 Å². The molecule has 7 nitrogen and oxygen atoms in total. The van der Waals surface area contributed by atoms with Gasteiger partial charge in [-0.15, -0.1) is 5.10 Å². The summed E-state index contributed by atoms with van der Waals surface area (Å²) in [4.78, 5) is 31.9. The summed E-state index contributed by atoms with van der Waals surface area (Å²) in [6.07, 6.45) is 1.78. The van der Waals surface area contributed by atoms with Gasteiger partial charge < -0.3 is 5.32 Å². The largest absolute Gasteiger partial charge is 0.300 e. The molecule has 1 aliphatic rings. The Morgan fingerprint density at radius 2 is 1.72 bits per heavy atom. The molecular weight excluding hydrogens is 444 g/mol. The van der Waals surface area contributed by atoms with E-state index < -0.39 is 0 Å². The Bertz CT molecular complexity index is 1100. The van der Waals surface area contributed by atoms with E-state index in [0.717, 1.165) is 11.1 Å². The predicted octanol–water partition coefficient (Wildman–Crippen LogP) is 4.72. The molecule has 3 aromatic rings. The Balaban J connectivity index is 1.40. The molecular formula is C23H24N4O3S2. The minimum absolute atomic E-state index is 0.0875. The molecule has 1 saturated carbocycles. The molecule has 0 radical (unpaired) electrons. The highest BCUT2D eigenvalue weighted by molar-refractivity contribution is 7.73. The molecule has 0 aliphatic heterocycles. The van der Waals surface area contributed by atoms with E-state index in [9.17, 15) is 9.59 Å². The fourth-order valence-electron chi connectivity index (χ4n) is 3.80. The van der Waals surface area contributed by atoms with Gasteiger partial charge in [0.15, 0.2) is 3.95 Å². The topological polar surface area (TPSA) is 87.3 Å². The first-order valence-electron chi connectivity index (χ1n) is 10.5. The monoisotopic (exact) mass is 468 g/mol. The smallest absolute Gasteiger partial charge is 0.249 e. The summed E-state index contributed by atoms with van der Waals surface area (Å²) >= 11 is 6.21. The van der Waals surface area contributed by atoms with Crippen LogP contribution in [-0.2, 0) is 27.6 Å². The maximum Gasteiger partial charge on any atom is 0.249 e. The molecule has 1 aromatic heterocycles. The van der Waals surface area contributed by atoms with Crippen LogP contribution in [0.4, 0.5) is 5.13 Å². The Hall–Kier alpha value is -2.88. The lowest BCUT2D eigenvalue weighted by Crippen LogP contribution is -2.35. The van der Waals surface area contributed by atoms with Gasteiger partial charge in [0.25, 0.3) is 0 Å². The van der Waals surface area contributed by atoms with Crippen LogP contribution in [-0.4, -0.2) is 27.1 Å². The van der Waals surface area contributed by atoms with E-state index >= 15 is 0 Å². The van der Waals surface area contributed by atoms with Crippen LogP contribution in [0.15, 0.2) is 60.7 Å². The number of hydrogen-bond donors (Lipinski definition) is 2. The second-order valence-electron chi connectivity index (χ2n) is 7.73. The quantitative estimate of drug-likeness (QED) is 0.369. The van der Waals surface area contributed by atoms with Crippen LogP contribution in [0.5, 0.6) is 0 Å². The molecule has 1 fully saturated rings. The van der Waals surface area contributed by atoms with Crippen LogP contribution in [0, 0.1) is 15.8 Å². The standard InChI is InChI=1S/C23H24N4O3S2/c28-20(24-22-25-26-23(31)32-22)18-11-12-19(13-18)21(29)27(14-16-7-3-1-4-8-16)30-15-17-9-5-2-6-10-17/h1-10,18-19H,11-15H2,(H,26,31)(H,24,25,28)/t18-,19+/m0/s1. The Labute approximate surface area is 195 Å². The average Bonchev–Trinajstić information content (AvgIpc) is 3.47. The number of amides is 2. The lowest BCUT2D eigenvalue weighted by Gasteiger charge is -2.25. The van der Waals surface area contributed by atoms with Gasteiger partial charge in [-0.3, -0.25) is 19.5 Å². The van der Waals surface area contributed by atoms with Gasteiger partial charge in [-0.2, -0.15) is 0 Å². The second-order valence-corrected chi connectivity index (χ2v) is 9.40. The fourth-order valence-corrected chi connectivity index (χ4v) is 4.59. The van der Waals surface area contributed by atoms with Crippen molar-refractivity contribution in [3.05, 3.63) is 75.7 Å². The predicted molar refractivity (Wildman–Crippen MR) is 125 cm³/mol. The molecule has 2 atom stereocenters. The molecule has 2 N–H and O–H groups in total. The molecule has 4 rings (SSSR count). The van der Waals surface area contributed by atoms with Crippen molar-refractivity contribution in [2.75, 3.05) is 5.32 Å². The van der Waals surface area contributed by atoms with Gasteiger partial charge in [0, 0.05) is 11.8 Å². The zero-order chi connectivity index (χ0) is 22.3. The number of rotatable bonds is 8. The van der Waals surface area contributed by atoms with Crippen LogP contribution < -0.4 is 5.32 Å². The number of anilines is 1. The first-order chi connectivity index (χ1) is 15.6. The molecule has 1 heterocycles. The number of hydroxylamine groups is 2. The average molecular weight is 469 g/mol. The Morgan fingerprint density at radius 1 is 1.06 bits per heavy atom. The summed E-state index contributed by atoms with van der Waals surface area (Å²) < 4.78 is 0.506. The molecule has 0 saturated heterocycles. The van der Waals surface area contributed by atoms with Crippen molar-refractivity contribution in [2.24, 2.45) is 11.8 Å². The van der Waals surface area contributed by atoms with Crippen molar-refractivity contribution >= 4 is 40.5 Å². The van der Waals surface area contributed by atoms with Crippen molar-refractivity contribution in [3.8, 4) is 0 Å². The SMILES string of the molecule is O=C(Nc1n[nH]c(=S)s1)[C@H]1CC[C@@H](C(=O)N(Cc2ccccc2)OCc2ccccc2)C1. The normalized spacial score (nSPS) is 17.8. The van der Waals surface area contributed by atoms with Crippen molar-refractivity contribution in [3.63, 3.8) is 0 Å². The number of nitrogens with zero attached hydrogens (tertiary/aromatic N) is 2. The zero-order valence-electron chi connectivity index (χ0n) is 17.4. The summed E-state index contributed by atoms with van der Waals surface area (Å²) in [6, 6.07) is 19.5. The van der Waals surface area contributed by atoms with Crippen LogP contribution in [0.3, 0.4) is 0 Å². The number of aromatic nitrogens is 2. The highest BCUT2D eigenvalue weighted by atomic mass is 32.1. The maximum atomic E-state index is 13.3. The second kappa shape index (κ2) is 10.6. The summed E-state index contributed by atoms with van der Waals surface area (Å²) in [5.41, 5.74) is 1.98. The number of aromatic amines is 1. The van der Waals surface area contributed by atoms with Crippen molar-refractivity contribution < 1.29 is 14.4 Å². The summed E-state index contributed by atoms with van der Waals surface area (Å²) in [5, 5.41) is 11.3. The van der Waals surface area contributed by atoms with E-state index in [2.05, 4.69) is 15.5 Å². The van der Waals surface area contributed by atoms with E-state index in [0.29, 0.717) is 41.5 Å². The van der Waals surface area contributed by atoms with Crippen LogP contribution in [0.25, 0.3) is 0 Å². The first-order valence-corrected chi connectivity index (χ1v) is 11.7. The zero-order valence-corrected chi connectivity index (χ0v) is 19.0. The van der Waals surface area contributed by atoms with Gasteiger partial charge in [0.2, 0.25) is 16.9 Å².